The Morgan fingerprint density at radius 3 is 2.68 bits per heavy atom. The molecule has 2 aromatic carbocycles. The normalized spacial score (nSPS) is 23.5. The van der Waals surface area contributed by atoms with Gasteiger partial charge < -0.3 is 10.1 Å². The van der Waals surface area contributed by atoms with E-state index in [2.05, 4.69) is 17.5 Å². The van der Waals surface area contributed by atoms with Crippen LogP contribution in [0.2, 0.25) is 5.02 Å². The van der Waals surface area contributed by atoms with Crippen LogP contribution < -0.4 is 10.1 Å². The predicted molar refractivity (Wildman–Crippen MR) is 97.5 cm³/mol. The number of hydrogen-bond acceptors (Lipinski definition) is 4. The highest BCUT2D eigenvalue weighted by atomic mass is 35.5. The Morgan fingerprint density at radius 2 is 2.00 bits per heavy atom. The van der Waals surface area contributed by atoms with Gasteiger partial charge in [0.1, 0.15) is 5.75 Å². The summed E-state index contributed by atoms with van der Waals surface area (Å²) in [6.07, 6.45) is 5.32. The molecule has 1 heterocycles. The van der Waals surface area contributed by atoms with E-state index in [4.69, 9.17) is 16.3 Å². The van der Waals surface area contributed by atoms with Crippen molar-refractivity contribution in [1.29, 1.82) is 0 Å². The first-order chi connectivity index (χ1) is 12.1. The van der Waals surface area contributed by atoms with Gasteiger partial charge in [-0.15, -0.1) is 0 Å². The van der Waals surface area contributed by atoms with Gasteiger partial charge in [0.15, 0.2) is 0 Å². The molecule has 1 aliphatic heterocycles. The van der Waals surface area contributed by atoms with Crippen LogP contribution in [-0.4, -0.2) is 12.0 Å². The largest absolute Gasteiger partial charge is 0.495 e. The van der Waals surface area contributed by atoms with E-state index < -0.39 is 0 Å². The molecular weight excluding hydrogens is 340 g/mol. The second-order valence-electron chi connectivity index (χ2n) is 6.36. The number of rotatable bonds is 3. The zero-order valence-corrected chi connectivity index (χ0v) is 14.4. The van der Waals surface area contributed by atoms with Gasteiger partial charge in [-0.25, -0.2) is 0 Å². The van der Waals surface area contributed by atoms with Crippen molar-refractivity contribution >= 4 is 23.0 Å². The SMILES string of the molecule is COc1ccc(Cl)c2c1N[C@H](c1ccc([N+](=O)[O-])cc1)[C@H]1CC=C[C@H]21. The van der Waals surface area contributed by atoms with Crippen molar-refractivity contribution in [3.05, 3.63) is 74.8 Å². The zero-order chi connectivity index (χ0) is 17.6. The van der Waals surface area contributed by atoms with Crippen LogP contribution >= 0.6 is 11.6 Å². The molecule has 128 valence electrons. The fourth-order valence-corrected chi connectivity index (χ4v) is 4.22. The molecule has 6 heteroatoms. The van der Waals surface area contributed by atoms with Crippen molar-refractivity contribution in [2.45, 2.75) is 18.4 Å². The van der Waals surface area contributed by atoms with Gasteiger partial charge >= 0.3 is 0 Å². The van der Waals surface area contributed by atoms with Crippen LogP contribution in [0.1, 0.15) is 29.5 Å². The Labute approximate surface area is 150 Å². The summed E-state index contributed by atoms with van der Waals surface area (Å²) in [5, 5.41) is 15.2. The molecule has 2 aromatic rings. The van der Waals surface area contributed by atoms with Crippen molar-refractivity contribution in [2.24, 2.45) is 5.92 Å². The second-order valence-corrected chi connectivity index (χ2v) is 6.77. The maximum Gasteiger partial charge on any atom is 0.269 e. The number of anilines is 1. The molecule has 0 radical (unpaired) electrons. The fourth-order valence-electron chi connectivity index (χ4n) is 3.94. The molecule has 1 N–H and O–H groups in total. The minimum absolute atomic E-state index is 0.0423. The summed E-state index contributed by atoms with van der Waals surface area (Å²) in [6.45, 7) is 0. The Morgan fingerprint density at radius 1 is 1.24 bits per heavy atom. The van der Waals surface area contributed by atoms with E-state index in [1.54, 1.807) is 19.2 Å². The van der Waals surface area contributed by atoms with Crippen LogP contribution in [0.5, 0.6) is 5.75 Å². The molecule has 0 saturated carbocycles. The van der Waals surface area contributed by atoms with Gasteiger partial charge in [-0.1, -0.05) is 35.9 Å². The van der Waals surface area contributed by atoms with Gasteiger partial charge in [0.2, 0.25) is 0 Å². The number of halogens is 1. The summed E-state index contributed by atoms with van der Waals surface area (Å²) in [5.41, 5.74) is 3.10. The number of benzene rings is 2. The monoisotopic (exact) mass is 356 g/mol. The van der Waals surface area contributed by atoms with Crippen LogP contribution in [0.25, 0.3) is 0 Å². The Hall–Kier alpha value is -2.53. The molecule has 2 aliphatic rings. The number of hydrogen-bond donors (Lipinski definition) is 1. The molecule has 0 aromatic heterocycles. The quantitative estimate of drug-likeness (QED) is 0.473. The number of nitrogens with zero attached hydrogens (tertiary/aromatic N) is 1. The molecule has 0 bridgehead atoms. The van der Waals surface area contributed by atoms with Crippen LogP contribution in [0.4, 0.5) is 11.4 Å². The topological polar surface area (TPSA) is 64.4 Å². The van der Waals surface area contributed by atoms with Crippen molar-refractivity contribution in [1.82, 2.24) is 0 Å². The molecule has 0 saturated heterocycles. The summed E-state index contributed by atoms with van der Waals surface area (Å²) >= 11 is 6.48. The highest BCUT2D eigenvalue weighted by molar-refractivity contribution is 6.32. The van der Waals surface area contributed by atoms with Crippen molar-refractivity contribution in [3.63, 3.8) is 0 Å². The highest BCUT2D eigenvalue weighted by Gasteiger charge is 2.40. The number of ether oxygens (including phenoxy) is 1. The average molecular weight is 357 g/mol. The van der Waals surface area contributed by atoms with Crippen LogP contribution in [0, 0.1) is 16.0 Å². The number of allylic oxidation sites excluding steroid dienone is 2. The van der Waals surface area contributed by atoms with Crippen LogP contribution in [0.3, 0.4) is 0 Å². The van der Waals surface area contributed by atoms with Gasteiger partial charge in [0.05, 0.1) is 23.8 Å². The number of nitro groups is 1. The van der Waals surface area contributed by atoms with Gasteiger partial charge in [-0.3, -0.25) is 10.1 Å². The lowest BCUT2D eigenvalue weighted by Crippen LogP contribution is -2.29. The Bertz CT molecular complexity index is 864. The third-order valence-corrected chi connectivity index (χ3v) is 5.44. The molecule has 4 rings (SSSR count). The van der Waals surface area contributed by atoms with Gasteiger partial charge in [0, 0.05) is 28.6 Å². The first-order valence-corrected chi connectivity index (χ1v) is 8.52. The molecule has 3 atom stereocenters. The van der Waals surface area contributed by atoms with E-state index in [-0.39, 0.29) is 22.6 Å². The third kappa shape index (κ3) is 2.55. The molecule has 5 nitrogen and oxygen atoms in total. The highest BCUT2D eigenvalue weighted by Crippen LogP contribution is 2.54. The number of nitro benzene ring substituents is 1. The summed E-state index contributed by atoms with van der Waals surface area (Å²) < 4.78 is 5.52. The Balaban J connectivity index is 1.79. The van der Waals surface area contributed by atoms with E-state index in [0.29, 0.717) is 5.92 Å². The van der Waals surface area contributed by atoms with E-state index in [1.165, 1.54) is 0 Å². The van der Waals surface area contributed by atoms with Crippen LogP contribution in [0.15, 0.2) is 48.6 Å². The van der Waals surface area contributed by atoms with E-state index in [9.17, 15) is 10.1 Å². The van der Waals surface area contributed by atoms with Gasteiger partial charge in [-0.2, -0.15) is 0 Å². The maximum atomic E-state index is 10.9. The number of fused-ring (bicyclic) bond motifs is 3. The molecular formula is C19H17ClN2O3. The lowest BCUT2D eigenvalue weighted by atomic mass is 9.77. The maximum absolute atomic E-state index is 10.9. The smallest absolute Gasteiger partial charge is 0.269 e. The van der Waals surface area contributed by atoms with Crippen molar-refractivity contribution < 1.29 is 9.66 Å². The number of non-ortho nitro benzene ring substituents is 1. The van der Waals surface area contributed by atoms with Gasteiger partial charge in [-0.05, 0) is 30.0 Å². The first-order valence-electron chi connectivity index (χ1n) is 8.14. The van der Waals surface area contributed by atoms with E-state index in [0.717, 1.165) is 34.0 Å². The van der Waals surface area contributed by atoms with Crippen LogP contribution in [-0.2, 0) is 0 Å². The van der Waals surface area contributed by atoms with Gasteiger partial charge in [0.25, 0.3) is 5.69 Å². The first kappa shape index (κ1) is 16.0. The van der Waals surface area contributed by atoms with E-state index in [1.807, 2.05) is 24.3 Å². The minimum atomic E-state index is -0.379. The zero-order valence-electron chi connectivity index (χ0n) is 13.6. The summed E-state index contributed by atoms with van der Waals surface area (Å²) in [4.78, 5) is 10.5. The van der Waals surface area contributed by atoms with Crippen molar-refractivity contribution in [2.75, 3.05) is 12.4 Å². The molecule has 0 fully saturated rings. The standard InChI is InChI=1S/C19H17ClN2O3/c1-25-16-10-9-15(20)17-13-3-2-4-14(13)18(21-19(16)17)11-5-7-12(8-6-11)22(23)24/h2-3,5-10,13-14,18,21H,4H2,1H3/t13-,14-,18+/m0/s1. The Kier molecular flexibility index (Phi) is 3.88. The number of methoxy groups -OCH3 is 1. The molecule has 0 spiro atoms. The summed E-state index contributed by atoms with van der Waals surface area (Å²) in [6, 6.07) is 10.5. The lowest BCUT2D eigenvalue weighted by Gasteiger charge is -2.38. The second kappa shape index (κ2) is 6.08. The molecule has 0 amide bonds. The van der Waals surface area contributed by atoms with E-state index >= 15 is 0 Å². The summed E-state index contributed by atoms with van der Waals surface area (Å²) in [7, 11) is 1.64. The molecule has 25 heavy (non-hydrogen) atoms. The lowest BCUT2D eigenvalue weighted by molar-refractivity contribution is -0.384. The summed E-state index contributed by atoms with van der Waals surface area (Å²) in [5.74, 6) is 1.28. The minimum Gasteiger partial charge on any atom is -0.495 e. The predicted octanol–water partition coefficient (Wildman–Crippen LogP) is 5.08. The van der Waals surface area contributed by atoms with Crippen molar-refractivity contribution in [3.8, 4) is 5.75 Å². The molecule has 0 unspecified atom stereocenters. The fraction of sp³-hybridized carbons (Fsp3) is 0.263. The average Bonchev–Trinajstić information content (AvgIpc) is 3.11. The number of nitrogens with one attached hydrogen (secondary N) is 1. The molecule has 1 aliphatic carbocycles. The third-order valence-electron chi connectivity index (χ3n) is 5.11.